The Morgan fingerprint density at radius 1 is 1.15 bits per heavy atom. The summed E-state index contributed by atoms with van der Waals surface area (Å²) in [6.07, 6.45) is 1.70. The van der Waals surface area contributed by atoms with Crippen LogP contribution in [0.4, 0.5) is 5.69 Å². The molecule has 0 atom stereocenters. The standard InChI is InChI=1S/C24H35N5O3S2/c1-7-9-21-23(24(18(4)33)28(6)26-21)25-17(3)20-16-19(10-11-22(20)32-8-2)34(30,31)29-14-12-27(5)13-15-29/h10-11,16H,7-9,12-15H2,1-6H3. The minimum atomic E-state index is -3.62. The van der Waals surface area contributed by atoms with Gasteiger partial charge in [-0.3, -0.25) is 4.68 Å². The Bertz CT molecular complexity index is 1180. The van der Waals surface area contributed by atoms with Crippen LogP contribution in [-0.2, 0) is 23.5 Å². The fourth-order valence-electron chi connectivity index (χ4n) is 4.12. The zero-order valence-electron chi connectivity index (χ0n) is 21.0. The Labute approximate surface area is 208 Å². The van der Waals surface area contributed by atoms with Gasteiger partial charge in [0, 0.05) is 49.4 Å². The summed E-state index contributed by atoms with van der Waals surface area (Å²) in [5.41, 5.74) is 3.72. The molecule has 186 valence electrons. The second-order valence-electron chi connectivity index (χ2n) is 8.57. The summed E-state index contributed by atoms with van der Waals surface area (Å²) in [7, 11) is 0.247. The lowest BCUT2D eigenvalue weighted by Crippen LogP contribution is -2.47. The van der Waals surface area contributed by atoms with Crippen molar-refractivity contribution >= 4 is 38.5 Å². The van der Waals surface area contributed by atoms with Gasteiger partial charge in [0.05, 0.1) is 17.2 Å². The van der Waals surface area contributed by atoms with Crippen LogP contribution in [0.25, 0.3) is 0 Å². The summed E-state index contributed by atoms with van der Waals surface area (Å²) < 4.78 is 35.9. The normalized spacial score (nSPS) is 16.1. The number of thiocarbonyl (C=S) groups is 1. The number of aromatic nitrogens is 2. The number of aryl methyl sites for hydroxylation is 2. The van der Waals surface area contributed by atoms with E-state index in [4.69, 9.17) is 21.9 Å². The lowest BCUT2D eigenvalue weighted by atomic mass is 10.1. The third-order valence-corrected chi connectivity index (χ3v) is 8.02. The topological polar surface area (TPSA) is 80.0 Å². The monoisotopic (exact) mass is 505 g/mol. The number of benzene rings is 1. The van der Waals surface area contributed by atoms with Crippen LogP contribution in [0, 0.1) is 0 Å². The molecule has 1 aromatic carbocycles. The molecule has 1 fully saturated rings. The quantitative estimate of drug-likeness (QED) is 0.294. The molecular formula is C24H35N5O3S2. The molecule has 0 saturated carbocycles. The zero-order valence-corrected chi connectivity index (χ0v) is 22.6. The number of piperazine rings is 1. The number of sulfonamides is 1. The lowest BCUT2D eigenvalue weighted by Gasteiger charge is -2.31. The SMILES string of the molecule is CCCc1nn(C)c(C(C)=S)c1N=C(C)c1cc(S(=O)(=O)N2CCN(C)CC2)ccc1OCC. The Balaban J connectivity index is 2.10. The Morgan fingerprint density at radius 2 is 1.82 bits per heavy atom. The second kappa shape index (κ2) is 11.1. The zero-order chi connectivity index (χ0) is 25.0. The van der Waals surface area contributed by atoms with Crippen molar-refractivity contribution in [1.29, 1.82) is 0 Å². The summed E-state index contributed by atoms with van der Waals surface area (Å²) in [5, 5.41) is 4.64. The molecule has 10 heteroatoms. The van der Waals surface area contributed by atoms with Gasteiger partial charge in [-0.1, -0.05) is 25.6 Å². The molecule has 1 aliphatic heterocycles. The first-order valence-corrected chi connectivity index (χ1v) is 13.5. The van der Waals surface area contributed by atoms with Gasteiger partial charge in [0.25, 0.3) is 0 Å². The van der Waals surface area contributed by atoms with E-state index in [0.29, 0.717) is 54.7 Å². The molecule has 0 N–H and O–H groups in total. The van der Waals surface area contributed by atoms with Crippen molar-refractivity contribution in [2.75, 3.05) is 39.8 Å². The molecule has 2 heterocycles. The van der Waals surface area contributed by atoms with Gasteiger partial charge >= 0.3 is 0 Å². The maximum atomic E-state index is 13.4. The van der Waals surface area contributed by atoms with E-state index in [2.05, 4.69) is 16.9 Å². The van der Waals surface area contributed by atoms with Crippen LogP contribution < -0.4 is 4.74 Å². The average molecular weight is 506 g/mol. The van der Waals surface area contributed by atoms with E-state index in [9.17, 15) is 8.42 Å². The molecule has 3 rings (SSSR count). The first kappa shape index (κ1) is 26.5. The van der Waals surface area contributed by atoms with Gasteiger partial charge in [0.15, 0.2) is 0 Å². The molecule has 1 aromatic heterocycles. The highest BCUT2D eigenvalue weighted by atomic mass is 32.2. The first-order chi connectivity index (χ1) is 16.1. The summed E-state index contributed by atoms with van der Waals surface area (Å²) in [5.74, 6) is 0.600. The lowest BCUT2D eigenvalue weighted by molar-refractivity contribution is 0.222. The van der Waals surface area contributed by atoms with Crippen LogP contribution in [0.1, 0.15) is 51.1 Å². The van der Waals surface area contributed by atoms with Gasteiger partial charge in [-0.05, 0) is 52.4 Å². The molecule has 0 amide bonds. The smallest absolute Gasteiger partial charge is 0.243 e. The highest BCUT2D eigenvalue weighted by molar-refractivity contribution is 7.89. The van der Waals surface area contributed by atoms with Gasteiger partial charge < -0.3 is 9.64 Å². The Hall–Kier alpha value is -2.14. The number of hydrogen-bond donors (Lipinski definition) is 0. The minimum Gasteiger partial charge on any atom is -0.493 e. The molecule has 0 spiro atoms. The summed E-state index contributed by atoms with van der Waals surface area (Å²) in [4.78, 5) is 8.01. The predicted octanol–water partition coefficient (Wildman–Crippen LogP) is 3.59. The maximum Gasteiger partial charge on any atom is 0.243 e. The van der Waals surface area contributed by atoms with E-state index in [-0.39, 0.29) is 4.90 Å². The molecule has 0 unspecified atom stereocenters. The molecule has 1 saturated heterocycles. The van der Waals surface area contributed by atoms with Gasteiger partial charge in [-0.25, -0.2) is 13.4 Å². The maximum absolute atomic E-state index is 13.4. The van der Waals surface area contributed by atoms with Crippen molar-refractivity contribution in [3.8, 4) is 5.75 Å². The van der Waals surface area contributed by atoms with Crippen LogP contribution >= 0.6 is 12.2 Å². The van der Waals surface area contributed by atoms with Crippen LogP contribution in [0.15, 0.2) is 28.1 Å². The number of hydrogen-bond acceptors (Lipinski definition) is 7. The third kappa shape index (κ3) is 5.56. The number of rotatable bonds is 9. The highest BCUT2D eigenvalue weighted by Crippen LogP contribution is 2.30. The third-order valence-electron chi connectivity index (χ3n) is 5.93. The van der Waals surface area contributed by atoms with Crippen molar-refractivity contribution < 1.29 is 13.2 Å². The minimum absolute atomic E-state index is 0.247. The predicted molar refractivity (Wildman–Crippen MR) is 140 cm³/mol. The fraction of sp³-hybridized carbons (Fsp3) is 0.542. The van der Waals surface area contributed by atoms with Gasteiger partial charge in [-0.15, -0.1) is 0 Å². The van der Waals surface area contributed by atoms with Gasteiger partial charge in [-0.2, -0.15) is 9.40 Å². The summed E-state index contributed by atoms with van der Waals surface area (Å²) in [6.45, 7) is 10.6. The van der Waals surface area contributed by atoms with Crippen LogP contribution in [0.5, 0.6) is 5.75 Å². The van der Waals surface area contributed by atoms with E-state index in [1.807, 2.05) is 34.9 Å². The molecule has 1 aliphatic rings. The molecule has 8 nitrogen and oxygen atoms in total. The molecule has 0 aliphatic carbocycles. The van der Waals surface area contributed by atoms with E-state index in [0.717, 1.165) is 29.9 Å². The molecule has 2 aromatic rings. The highest BCUT2D eigenvalue weighted by Gasteiger charge is 2.28. The van der Waals surface area contributed by atoms with E-state index in [1.54, 1.807) is 27.2 Å². The average Bonchev–Trinajstić information content (AvgIpc) is 3.09. The van der Waals surface area contributed by atoms with Crippen molar-refractivity contribution in [2.45, 2.75) is 45.4 Å². The van der Waals surface area contributed by atoms with Crippen LogP contribution in [-0.4, -0.2) is 77.8 Å². The van der Waals surface area contributed by atoms with Gasteiger partial charge in [0.2, 0.25) is 10.0 Å². The van der Waals surface area contributed by atoms with Crippen LogP contribution in [0.3, 0.4) is 0 Å². The first-order valence-electron chi connectivity index (χ1n) is 11.7. The van der Waals surface area contributed by atoms with E-state index < -0.39 is 10.0 Å². The number of nitrogens with zero attached hydrogens (tertiary/aromatic N) is 5. The number of ether oxygens (including phenoxy) is 1. The van der Waals surface area contributed by atoms with Crippen molar-refractivity contribution in [1.82, 2.24) is 19.0 Å². The Kier molecular flexibility index (Phi) is 8.62. The second-order valence-corrected chi connectivity index (χ2v) is 11.1. The fourth-order valence-corrected chi connectivity index (χ4v) is 5.80. The number of aliphatic imine (C=N–C) groups is 1. The largest absolute Gasteiger partial charge is 0.493 e. The molecule has 34 heavy (non-hydrogen) atoms. The Morgan fingerprint density at radius 3 is 2.41 bits per heavy atom. The van der Waals surface area contributed by atoms with E-state index >= 15 is 0 Å². The molecule has 0 bridgehead atoms. The van der Waals surface area contributed by atoms with E-state index in [1.165, 1.54) is 0 Å². The van der Waals surface area contributed by atoms with Gasteiger partial charge in [0.1, 0.15) is 17.1 Å². The molecular weight excluding hydrogens is 470 g/mol. The van der Waals surface area contributed by atoms with Crippen LogP contribution in [0.2, 0.25) is 0 Å². The van der Waals surface area contributed by atoms with Crippen molar-refractivity contribution in [2.24, 2.45) is 12.0 Å². The summed E-state index contributed by atoms with van der Waals surface area (Å²) in [6, 6.07) is 5.02. The van der Waals surface area contributed by atoms with Crippen molar-refractivity contribution in [3.63, 3.8) is 0 Å². The number of likely N-dealkylation sites (N-methyl/N-ethyl adjacent to an activating group) is 1. The van der Waals surface area contributed by atoms with Crippen molar-refractivity contribution in [3.05, 3.63) is 35.2 Å². The molecule has 0 radical (unpaired) electrons. The summed E-state index contributed by atoms with van der Waals surface area (Å²) >= 11 is 5.48.